The van der Waals surface area contributed by atoms with Gasteiger partial charge in [-0.25, -0.2) is 0 Å². The summed E-state index contributed by atoms with van der Waals surface area (Å²) in [4.78, 5) is 37.1. The van der Waals surface area contributed by atoms with Gasteiger partial charge in [-0.1, -0.05) is 6.92 Å². The van der Waals surface area contributed by atoms with Gasteiger partial charge in [0.1, 0.15) is 21.2 Å². The largest absolute Gasteiger partial charge is 0.432 e. The molecule has 0 aromatic rings. The minimum Gasteiger partial charge on any atom is -0.432 e. The Kier molecular flexibility index (Phi) is 5.91. The van der Waals surface area contributed by atoms with Crippen molar-refractivity contribution in [2.45, 2.75) is 32.4 Å². The summed E-state index contributed by atoms with van der Waals surface area (Å²) < 4.78 is 4.76. The Morgan fingerprint density at radius 2 is 2.21 bits per heavy atom. The standard InChI is InChI=1S/C10H18BN2O5P/c1-4(6(15)3-7(16)18-19-13-11)9-8(5(2)14)10(17)12-9/h4-5,8-9,13-14,19H,3,11H2,1-2H3,(H,12,17)/t4-,5+,8+,9+/m0/s1. The van der Waals surface area contributed by atoms with E-state index in [9.17, 15) is 19.5 Å². The molecule has 1 fully saturated rings. The highest BCUT2D eigenvalue weighted by molar-refractivity contribution is 7.32. The van der Waals surface area contributed by atoms with Crippen molar-refractivity contribution in [2.24, 2.45) is 11.8 Å². The molecule has 1 heterocycles. The number of aliphatic hydroxyl groups is 1. The molecule has 9 heteroatoms. The van der Waals surface area contributed by atoms with Gasteiger partial charge in [-0.2, -0.15) is 0 Å². The van der Waals surface area contributed by atoms with Gasteiger partial charge < -0.3 is 19.9 Å². The fraction of sp³-hybridized carbons (Fsp3) is 0.700. The van der Waals surface area contributed by atoms with Crippen molar-refractivity contribution < 1.29 is 24.0 Å². The normalized spacial score (nSPS) is 25.5. The molecule has 106 valence electrons. The Balaban J connectivity index is 2.49. The summed E-state index contributed by atoms with van der Waals surface area (Å²) >= 11 is 0. The van der Waals surface area contributed by atoms with Crippen molar-refractivity contribution in [3.8, 4) is 0 Å². The summed E-state index contributed by atoms with van der Waals surface area (Å²) in [5, 5.41) is 12.1. The summed E-state index contributed by atoms with van der Waals surface area (Å²) in [6.45, 7) is 3.14. The molecule has 19 heavy (non-hydrogen) atoms. The summed E-state index contributed by atoms with van der Waals surface area (Å²) in [6.07, 6.45) is -1.14. The molecule has 0 aliphatic carbocycles. The molecule has 1 saturated heterocycles. The predicted octanol–water partition coefficient (Wildman–Crippen LogP) is -1.73. The minimum atomic E-state index is -0.813. The van der Waals surface area contributed by atoms with Crippen LogP contribution in [0, 0.1) is 11.8 Å². The number of amides is 1. The number of hydrogen-bond donors (Lipinski definition) is 3. The number of hydrogen-bond acceptors (Lipinski definition) is 6. The van der Waals surface area contributed by atoms with Gasteiger partial charge in [0.15, 0.2) is 7.98 Å². The lowest BCUT2D eigenvalue weighted by Crippen LogP contribution is -2.65. The van der Waals surface area contributed by atoms with Gasteiger partial charge in [0.2, 0.25) is 5.91 Å². The highest BCUT2D eigenvalue weighted by atomic mass is 31.1. The van der Waals surface area contributed by atoms with E-state index in [1.807, 2.05) is 0 Å². The molecule has 1 aliphatic heterocycles. The van der Waals surface area contributed by atoms with Crippen LogP contribution in [0.15, 0.2) is 0 Å². The van der Waals surface area contributed by atoms with Crippen LogP contribution >= 0.6 is 8.96 Å². The second-order valence-electron chi connectivity index (χ2n) is 4.56. The first-order valence-electron chi connectivity index (χ1n) is 6.01. The zero-order chi connectivity index (χ0) is 14.6. The topological polar surface area (TPSA) is 105 Å². The highest BCUT2D eigenvalue weighted by Gasteiger charge is 2.47. The number of ketones is 1. The molecular weight excluding hydrogens is 270 g/mol. The van der Waals surface area contributed by atoms with Crippen molar-refractivity contribution in [3.05, 3.63) is 0 Å². The zero-order valence-corrected chi connectivity index (χ0v) is 12.1. The lowest BCUT2D eigenvalue weighted by Gasteiger charge is -2.41. The maximum absolute atomic E-state index is 11.9. The van der Waals surface area contributed by atoms with Crippen LogP contribution in [0.1, 0.15) is 20.3 Å². The van der Waals surface area contributed by atoms with E-state index in [0.717, 1.165) is 0 Å². The van der Waals surface area contributed by atoms with Gasteiger partial charge in [0.25, 0.3) is 0 Å². The molecule has 0 aromatic heterocycles. The van der Waals surface area contributed by atoms with Crippen molar-refractivity contribution >= 4 is 34.6 Å². The molecule has 0 bridgehead atoms. The van der Waals surface area contributed by atoms with Crippen molar-refractivity contribution in [2.75, 3.05) is 0 Å². The zero-order valence-electron chi connectivity index (χ0n) is 11.1. The summed E-state index contributed by atoms with van der Waals surface area (Å²) in [5.74, 6) is -2.28. The Labute approximate surface area is 114 Å². The van der Waals surface area contributed by atoms with E-state index < -0.39 is 30.0 Å². The van der Waals surface area contributed by atoms with Gasteiger partial charge in [0, 0.05) is 5.92 Å². The predicted molar refractivity (Wildman–Crippen MR) is 72.0 cm³/mol. The molecule has 3 N–H and O–H groups in total. The number of β-lactam (4-membered cyclic amide) rings is 1. The van der Waals surface area contributed by atoms with E-state index in [1.54, 1.807) is 14.9 Å². The van der Waals surface area contributed by atoms with Gasteiger partial charge >= 0.3 is 5.97 Å². The van der Waals surface area contributed by atoms with Crippen LogP contribution in [0.4, 0.5) is 0 Å². The molecule has 0 aromatic carbocycles. The Morgan fingerprint density at radius 1 is 1.58 bits per heavy atom. The fourth-order valence-electron chi connectivity index (χ4n) is 2.02. The molecule has 0 saturated carbocycles. The second-order valence-corrected chi connectivity index (χ2v) is 5.47. The fourth-order valence-corrected chi connectivity index (χ4v) is 2.31. The van der Waals surface area contributed by atoms with Crippen LogP contribution in [-0.2, 0) is 18.9 Å². The van der Waals surface area contributed by atoms with Crippen LogP contribution in [0.2, 0.25) is 0 Å². The first-order valence-corrected chi connectivity index (χ1v) is 6.91. The number of Topliss-reactive ketones (excluding diaryl/α,β-unsaturated/α-hetero) is 1. The SMILES string of the molecule is BNPOC(=O)CC(=O)[C@H](C)[C@H]1NC(=O)[C@@H]1[C@@H](C)O. The maximum atomic E-state index is 11.9. The van der Waals surface area contributed by atoms with E-state index in [-0.39, 0.29) is 27.1 Å². The molecule has 5 atom stereocenters. The third kappa shape index (κ3) is 3.99. The Hall–Kier alpha value is -0.975. The van der Waals surface area contributed by atoms with E-state index in [1.165, 1.54) is 6.92 Å². The van der Waals surface area contributed by atoms with Gasteiger partial charge in [0.05, 0.1) is 18.1 Å². The first kappa shape index (κ1) is 16.1. The van der Waals surface area contributed by atoms with Crippen molar-refractivity contribution in [3.63, 3.8) is 0 Å². The van der Waals surface area contributed by atoms with Crippen LogP contribution in [-0.4, -0.2) is 42.9 Å². The summed E-state index contributed by atoms with van der Waals surface area (Å²) in [7, 11) is 1.45. The van der Waals surface area contributed by atoms with Gasteiger partial charge in [-0.05, 0) is 6.92 Å². The van der Waals surface area contributed by atoms with E-state index >= 15 is 0 Å². The highest BCUT2D eigenvalue weighted by Crippen LogP contribution is 2.26. The number of nitrogens with one attached hydrogen (secondary N) is 2. The quantitative estimate of drug-likeness (QED) is 0.222. The number of carbonyl (C=O) groups excluding carboxylic acids is 3. The van der Waals surface area contributed by atoms with Crippen molar-refractivity contribution in [1.29, 1.82) is 0 Å². The third-order valence-electron chi connectivity index (χ3n) is 3.15. The first-order chi connectivity index (χ1) is 8.88. The third-order valence-corrected chi connectivity index (χ3v) is 3.68. The molecular formula is C10H18BN2O5P. The van der Waals surface area contributed by atoms with Crippen LogP contribution in [0.3, 0.4) is 0 Å². The van der Waals surface area contributed by atoms with Crippen LogP contribution in [0.5, 0.6) is 0 Å². The van der Waals surface area contributed by atoms with Crippen LogP contribution in [0.25, 0.3) is 0 Å². The van der Waals surface area contributed by atoms with E-state index in [4.69, 9.17) is 4.52 Å². The average Bonchev–Trinajstić information content (AvgIpc) is 2.31. The smallest absolute Gasteiger partial charge is 0.316 e. The molecule has 1 aliphatic rings. The maximum Gasteiger partial charge on any atom is 0.316 e. The molecule has 1 rings (SSSR count). The molecule has 1 unspecified atom stereocenters. The monoisotopic (exact) mass is 288 g/mol. The number of carbonyl (C=O) groups is 3. The molecule has 7 nitrogen and oxygen atoms in total. The Bertz CT molecular complexity index is 379. The van der Waals surface area contributed by atoms with E-state index in [0.29, 0.717) is 0 Å². The molecule has 0 radical (unpaired) electrons. The van der Waals surface area contributed by atoms with Gasteiger partial charge in [-0.15, -0.1) is 0 Å². The average molecular weight is 288 g/mol. The number of rotatable bonds is 7. The lowest BCUT2D eigenvalue weighted by molar-refractivity contribution is -0.145. The molecule has 1 amide bonds. The van der Waals surface area contributed by atoms with E-state index in [2.05, 4.69) is 10.3 Å². The van der Waals surface area contributed by atoms with Gasteiger partial charge in [-0.3, -0.25) is 14.4 Å². The van der Waals surface area contributed by atoms with Crippen molar-refractivity contribution in [1.82, 2.24) is 10.3 Å². The molecule has 0 spiro atoms. The number of aliphatic hydroxyl groups excluding tert-OH is 1. The summed E-state index contributed by atoms with van der Waals surface area (Å²) in [5.41, 5.74) is 0. The second kappa shape index (κ2) is 6.98. The minimum absolute atomic E-state index is 0.177. The summed E-state index contributed by atoms with van der Waals surface area (Å²) in [6, 6.07) is -0.417. The van der Waals surface area contributed by atoms with Crippen LogP contribution < -0.4 is 10.3 Å². The Morgan fingerprint density at radius 3 is 2.68 bits per heavy atom. The lowest BCUT2D eigenvalue weighted by atomic mass is 9.77.